The lowest BCUT2D eigenvalue weighted by atomic mass is 9.74. The molecule has 3 nitrogen and oxygen atoms in total. The second-order valence-corrected chi connectivity index (χ2v) is 7.73. The van der Waals surface area contributed by atoms with E-state index in [1.165, 1.54) is 18.4 Å². The van der Waals surface area contributed by atoms with E-state index in [4.69, 9.17) is 4.74 Å². The summed E-state index contributed by atoms with van der Waals surface area (Å²) >= 11 is 1.84. The third-order valence-corrected chi connectivity index (χ3v) is 6.46. The second kappa shape index (κ2) is 7.95. The van der Waals surface area contributed by atoms with Crippen LogP contribution in [-0.4, -0.2) is 28.4 Å². The molecule has 126 valence electrons. The van der Waals surface area contributed by atoms with E-state index in [1.54, 1.807) is 0 Å². The number of pyridine rings is 1. The van der Waals surface area contributed by atoms with Gasteiger partial charge in [-0.3, -0.25) is 9.98 Å². The molecular formula is C20H24N2OS. The van der Waals surface area contributed by atoms with Gasteiger partial charge < -0.3 is 4.74 Å². The number of rotatable bonds is 6. The normalized spacial score (nSPS) is 23.8. The SMILES string of the molecule is CN=C(SC1(COCc2ccccc2)CCC1C)c1ccccn1. The molecule has 24 heavy (non-hydrogen) atoms. The lowest BCUT2D eigenvalue weighted by molar-refractivity contribution is 0.0508. The molecule has 0 saturated heterocycles. The van der Waals surface area contributed by atoms with Gasteiger partial charge in [-0.25, -0.2) is 0 Å². The molecule has 0 radical (unpaired) electrons. The third kappa shape index (κ3) is 3.87. The van der Waals surface area contributed by atoms with Crippen molar-refractivity contribution in [3.63, 3.8) is 0 Å². The first-order valence-electron chi connectivity index (χ1n) is 8.42. The smallest absolute Gasteiger partial charge is 0.116 e. The number of aromatic nitrogens is 1. The lowest BCUT2D eigenvalue weighted by Gasteiger charge is -2.47. The summed E-state index contributed by atoms with van der Waals surface area (Å²) in [5.41, 5.74) is 2.17. The molecule has 2 atom stereocenters. The number of aliphatic imine (C=N–C) groups is 1. The van der Waals surface area contributed by atoms with E-state index in [0.717, 1.165) is 17.3 Å². The molecule has 1 aliphatic carbocycles. The number of hydrogen-bond donors (Lipinski definition) is 0. The van der Waals surface area contributed by atoms with E-state index in [-0.39, 0.29) is 4.75 Å². The molecule has 1 aliphatic rings. The quantitative estimate of drug-likeness (QED) is 0.570. The van der Waals surface area contributed by atoms with Crippen LogP contribution in [0.5, 0.6) is 0 Å². The Morgan fingerprint density at radius 2 is 2.04 bits per heavy atom. The predicted molar refractivity (Wildman–Crippen MR) is 102 cm³/mol. The largest absolute Gasteiger partial charge is 0.375 e. The fourth-order valence-corrected chi connectivity index (χ4v) is 4.34. The van der Waals surface area contributed by atoms with Crippen LogP contribution >= 0.6 is 11.8 Å². The van der Waals surface area contributed by atoms with Crippen molar-refractivity contribution < 1.29 is 4.74 Å². The van der Waals surface area contributed by atoms with E-state index in [9.17, 15) is 0 Å². The van der Waals surface area contributed by atoms with Crippen LogP contribution in [0.3, 0.4) is 0 Å². The van der Waals surface area contributed by atoms with Crippen LogP contribution in [-0.2, 0) is 11.3 Å². The van der Waals surface area contributed by atoms with Gasteiger partial charge >= 0.3 is 0 Å². The Labute approximate surface area is 148 Å². The van der Waals surface area contributed by atoms with Crippen molar-refractivity contribution in [3.05, 3.63) is 66.0 Å². The summed E-state index contributed by atoms with van der Waals surface area (Å²) in [6.07, 6.45) is 4.24. The van der Waals surface area contributed by atoms with Gasteiger partial charge in [-0.15, -0.1) is 0 Å². The molecule has 1 fully saturated rings. The summed E-state index contributed by atoms with van der Waals surface area (Å²) in [6.45, 7) is 3.73. The highest BCUT2D eigenvalue weighted by atomic mass is 32.2. The summed E-state index contributed by atoms with van der Waals surface area (Å²) in [7, 11) is 1.85. The summed E-state index contributed by atoms with van der Waals surface area (Å²) in [5, 5.41) is 1.01. The molecule has 0 aliphatic heterocycles. The van der Waals surface area contributed by atoms with Crippen LogP contribution in [0.1, 0.15) is 31.0 Å². The van der Waals surface area contributed by atoms with Crippen molar-refractivity contribution in [2.24, 2.45) is 10.9 Å². The first-order chi connectivity index (χ1) is 11.7. The van der Waals surface area contributed by atoms with Crippen molar-refractivity contribution in [2.45, 2.75) is 31.1 Å². The minimum atomic E-state index is 0.112. The van der Waals surface area contributed by atoms with Crippen molar-refractivity contribution >= 4 is 16.8 Å². The van der Waals surface area contributed by atoms with Gasteiger partial charge in [-0.2, -0.15) is 0 Å². The summed E-state index contributed by atoms with van der Waals surface area (Å²) in [4.78, 5) is 8.94. The number of benzene rings is 1. The van der Waals surface area contributed by atoms with E-state index in [2.05, 4.69) is 41.2 Å². The van der Waals surface area contributed by atoms with Crippen molar-refractivity contribution in [2.75, 3.05) is 13.7 Å². The number of hydrogen-bond acceptors (Lipinski definition) is 4. The van der Waals surface area contributed by atoms with Gasteiger partial charge in [0.2, 0.25) is 0 Å². The molecule has 3 rings (SSSR count). The Morgan fingerprint density at radius 1 is 1.25 bits per heavy atom. The van der Waals surface area contributed by atoms with E-state index in [0.29, 0.717) is 12.5 Å². The molecule has 0 N–H and O–H groups in total. The Kier molecular flexibility index (Phi) is 5.69. The standard InChI is InChI=1S/C20H24N2OS/c1-16-11-12-20(16,15-23-14-17-8-4-3-5-9-17)24-19(21-2)18-10-6-7-13-22-18/h3-10,13,16H,11-12,14-15H2,1-2H3. The van der Waals surface area contributed by atoms with Crippen LogP contribution in [0.25, 0.3) is 0 Å². The molecule has 1 saturated carbocycles. The molecule has 0 spiro atoms. The van der Waals surface area contributed by atoms with E-state index < -0.39 is 0 Å². The summed E-state index contributed by atoms with van der Waals surface area (Å²) < 4.78 is 6.19. The van der Waals surface area contributed by atoms with Crippen LogP contribution < -0.4 is 0 Å². The molecule has 2 unspecified atom stereocenters. The maximum absolute atomic E-state index is 6.08. The highest BCUT2D eigenvalue weighted by Crippen LogP contribution is 2.50. The van der Waals surface area contributed by atoms with Crippen LogP contribution in [0.15, 0.2) is 59.7 Å². The maximum Gasteiger partial charge on any atom is 0.116 e. The zero-order valence-electron chi connectivity index (χ0n) is 14.3. The lowest BCUT2D eigenvalue weighted by Crippen LogP contribution is -2.47. The topological polar surface area (TPSA) is 34.5 Å². The Morgan fingerprint density at radius 3 is 2.62 bits per heavy atom. The average Bonchev–Trinajstić information content (AvgIpc) is 2.65. The first-order valence-corrected chi connectivity index (χ1v) is 9.24. The van der Waals surface area contributed by atoms with Crippen LogP contribution in [0.2, 0.25) is 0 Å². The van der Waals surface area contributed by atoms with Gasteiger partial charge in [0.05, 0.1) is 18.9 Å². The van der Waals surface area contributed by atoms with Gasteiger partial charge in [0.1, 0.15) is 5.04 Å². The highest BCUT2D eigenvalue weighted by Gasteiger charge is 2.46. The van der Waals surface area contributed by atoms with Gasteiger partial charge in [0.25, 0.3) is 0 Å². The van der Waals surface area contributed by atoms with Crippen LogP contribution in [0, 0.1) is 5.92 Å². The molecule has 1 aromatic carbocycles. The van der Waals surface area contributed by atoms with Crippen molar-refractivity contribution in [3.8, 4) is 0 Å². The zero-order valence-corrected chi connectivity index (χ0v) is 15.1. The second-order valence-electron chi connectivity index (χ2n) is 6.33. The van der Waals surface area contributed by atoms with E-state index in [1.807, 2.05) is 49.3 Å². The fourth-order valence-electron chi connectivity index (χ4n) is 2.96. The van der Waals surface area contributed by atoms with Crippen molar-refractivity contribution in [1.82, 2.24) is 4.98 Å². The number of thioether (sulfide) groups is 1. The minimum absolute atomic E-state index is 0.112. The zero-order chi connectivity index (χ0) is 16.8. The molecule has 0 amide bonds. The average molecular weight is 340 g/mol. The Balaban J connectivity index is 1.65. The van der Waals surface area contributed by atoms with Gasteiger partial charge in [-0.1, -0.05) is 55.1 Å². The molecule has 1 heterocycles. The Bertz CT molecular complexity index is 675. The van der Waals surface area contributed by atoms with Crippen LogP contribution in [0.4, 0.5) is 0 Å². The fraction of sp³-hybridized carbons (Fsp3) is 0.400. The predicted octanol–water partition coefficient (Wildman–Crippen LogP) is 4.58. The van der Waals surface area contributed by atoms with Gasteiger partial charge in [0, 0.05) is 18.0 Å². The Hall–Kier alpha value is -1.65. The van der Waals surface area contributed by atoms with Gasteiger partial charge in [0.15, 0.2) is 0 Å². The van der Waals surface area contributed by atoms with E-state index >= 15 is 0 Å². The van der Waals surface area contributed by atoms with Gasteiger partial charge in [-0.05, 0) is 36.5 Å². The first kappa shape index (κ1) is 17.2. The number of ether oxygens (including phenoxy) is 1. The maximum atomic E-state index is 6.08. The molecule has 1 aromatic heterocycles. The summed E-state index contributed by atoms with van der Waals surface area (Å²) in [5.74, 6) is 0.624. The van der Waals surface area contributed by atoms with Crippen molar-refractivity contribution in [1.29, 1.82) is 0 Å². The summed E-state index contributed by atoms with van der Waals surface area (Å²) in [6, 6.07) is 16.3. The molecule has 4 heteroatoms. The monoisotopic (exact) mass is 340 g/mol. The molecular weight excluding hydrogens is 316 g/mol. The third-order valence-electron chi connectivity index (χ3n) is 4.74. The number of nitrogens with zero attached hydrogens (tertiary/aromatic N) is 2. The molecule has 0 bridgehead atoms. The molecule has 2 aromatic rings. The highest BCUT2D eigenvalue weighted by molar-refractivity contribution is 8.15. The minimum Gasteiger partial charge on any atom is -0.375 e.